The highest BCUT2D eigenvalue weighted by molar-refractivity contribution is 7.51. The summed E-state index contributed by atoms with van der Waals surface area (Å²) >= 11 is 0. The summed E-state index contributed by atoms with van der Waals surface area (Å²) in [6.07, 6.45) is 0.279. The Morgan fingerprint density at radius 2 is 1.29 bits per heavy atom. The van der Waals surface area contributed by atoms with Gasteiger partial charge in [0.05, 0.1) is 46.2 Å². The SMILES string of the molecule is COCCOCCOC(=O)NCCCCC(NC(=O)OCCOCCOC)C(=O)NCCCOP(C)(=O)O. The Hall–Kier alpha value is -2.00. The second-order valence-corrected chi connectivity index (χ2v) is 9.75. The highest BCUT2D eigenvalue weighted by Crippen LogP contribution is 2.36. The highest BCUT2D eigenvalue weighted by Gasteiger charge is 2.21. The first-order valence-electron chi connectivity index (χ1n) is 12.4. The molecule has 15 nitrogen and oxygen atoms in total. The van der Waals surface area contributed by atoms with E-state index in [0.717, 1.165) is 6.66 Å². The molecule has 0 aromatic heterocycles. The molecule has 0 aromatic carbocycles. The standard InChI is InChI=1S/C22H44N3O12P/c1-31-11-13-33-15-17-35-21(27)24-8-5-4-7-19(20(26)23-9-6-10-37-38(3,29)30)25-22(28)36-18-16-34-14-12-32-2/h19H,4-18H2,1-3H3,(H,23,26)(H,24,27)(H,25,28)(H,29,30). The van der Waals surface area contributed by atoms with Crippen molar-refractivity contribution in [1.82, 2.24) is 16.0 Å². The second-order valence-electron chi connectivity index (χ2n) is 7.88. The fourth-order valence-corrected chi connectivity index (χ4v) is 3.15. The molecule has 16 heteroatoms. The second kappa shape index (κ2) is 24.1. The largest absolute Gasteiger partial charge is 0.447 e. The minimum absolute atomic E-state index is 0.00289. The van der Waals surface area contributed by atoms with Crippen LogP contribution >= 0.6 is 7.60 Å². The minimum Gasteiger partial charge on any atom is -0.447 e. The molecule has 0 aliphatic rings. The first-order chi connectivity index (χ1) is 18.2. The molecule has 38 heavy (non-hydrogen) atoms. The number of unbranched alkanes of at least 4 members (excludes halogenated alkanes) is 1. The van der Waals surface area contributed by atoms with Gasteiger partial charge in [-0.25, -0.2) is 9.59 Å². The predicted molar refractivity (Wildman–Crippen MR) is 136 cm³/mol. The number of hydrogen-bond donors (Lipinski definition) is 4. The van der Waals surface area contributed by atoms with Crippen LogP contribution in [0.1, 0.15) is 25.7 Å². The topological polar surface area (TPSA) is 189 Å². The quantitative estimate of drug-likeness (QED) is 0.0933. The molecule has 3 amide bonds. The monoisotopic (exact) mass is 573 g/mol. The maximum Gasteiger partial charge on any atom is 0.407 e. The third-order valence-corrected chi connectivity index (χ3v) is 5.20. The molecule has 4 N–H and O–H groups in total. The lowest BCUT2D eigenvalue weighted by Gasteiger charge is -2.18. The lowest BCUT2D eigenvalue weighted by molar-refractivity contribution is -0.123. The van der Waals surface area contributed by atoms with Crippen LogP contribution in [0, 0.1) is 0 Å². The number of carbonyl (C=O) groups is 3. The third kappa shape index (κ3) is 24.3. The Balaban J connectivity index is 4.37. The van der Waals surface area contributed by atoms with Gasteiger partial charge in [-0.3, -0.25) is 9.36 Å². The summed E-state index contributed by atoms with van der Waals surface area (Å²) in [4.78, 5) is 45.5. The molecular formula is C22H44N3O12P. The van der Waals surface area contributed by atoms with Gasteiger partial charge in [-0.15, -0.1) is 0 Å². The molecule has 0 saturated carbocycles. The summed E-state index contributed by atoms with van der Waals surface area (Å²) in [5.41, 5.74) is 0. The molecule has 224 valence electrons. The number of methoxy groups -OCH3 is 2. The maximum atomic E-state index is 12.6. The van der Waals surface area contributed by atoms with Crippen molar-refractivity contribution in [2.75, 3.05) is 93.4 Å². The van der Waals surface area contributed by atoms with E-state index >= 15 is 0 Å². The summed E-state index contributed by atoms with van der Waals surface area (Å²) in [7, 11) is -0.472. The molecule has 0 fully saturated rings. The number of nitrogens with one attached hydrogen (secondary N) is 3. The molecule has 0 spiro atoms. The minimum atomic E-state index is -3.58. The van der Waals surface area contributed by atoms with Crippen molar-refractivity contribution in [1.29, 1.82) is 0 Å². The van der Waals surface area contributed by atoms with Crippen molar-refractivity contribution in [3.05, 3.63) is 0 Å². The summed E-state index contributed by atoms with van der Waals surface area (Å²) < 4.78 is 46.0. The number of hydrogen-bond acceptors (Lipinski definition) is 11. The first kappa shape index (κ1) is 36.0. The lowest BCUT2D eigenvalue weighted by Crippen LogP contribution is -2.47. The molecule has 2 unspecified atom stereocenters. The van der Waals surface area contributed by atoms with Gasteiger partial charge in [-0.1, -0.05) is 0 Å². The van der Waals surface area contributed by atoms with E-state index in [4.69, 9.17) is 37.8 Å². The smallest absolute Gasteiger partial charge is 0.407 e. The molecule has 0 heterocycles. The van der Waals surface area contributed by atoms with Gasteiger partial charge in [0.15, 0.2) is 0 Å². The lowest BCUT2D eigenvalue weighted by atomic mass is 10.1. The maximum absolute atomic E-state index is 12.6. The van der Waals surface area contributed by atoms with Gasteiger partial charge in [0.1, 0.15) is 19.3 Å². The highest BCUT2D eigenvalue weighted by atomic mass is 31.2. The Kier molecular flexibility index (Phi) is 22.8. The van der Waals surface area contributed by atoms with Crippen LogP contribution in [0.25, 0.3) is 0 Å². The zero-order chi connectivity index (χ0) is 28.5. The number of alkyl carbamates (subject to hydrolysis) is 2. The average molecular weight is 574 g/mol. The van der Waals surface area contributed by atoms with E-state index in [9.17, 15) is 18.9 Å². The van der Waals surface area contributed by atoms with Gasteiger partial charge in [-0.05, 0) is 25.7 Å². The summed E-state index contributed by atoms with van der Waals surface area (Å²) in [6.45, 7) is 3.79. The van der Waals surface area contributed by atoms with E-state index < -0.39 is 31.7 Å². The first-order valence-corrected chi connectivity index (χ1v) is 14.4. The van der Waals surface area contributed by atoms with Crippen LogP contribution in [0.5, 0.6) is 0 Å². The van der Waals surface area contributed by atoms with Gasteiger partial charge >= 0.3 is 19.8 Å². The summed E-state index contributed by atoms with van der Waals surface area (Å²) in [5.74, 6) is -0.442. The van der Waals surface area contributed by atoms with Gasteiger partial charge in [-0.2, -0.15) is 0 Å². The summed E-state index contributed by atoms with van der Waals surface area (Å²) in [5, 5.41) is 7.79. The zero-order valence-corrected chi connectivity index (χ0v) is 23.5. The van der Waals surface area contributed by atoms with E-state index in [1.54, 1.807) is 14.2 Å². The molecule has 0 saturated heterocycles. The van der Waals surface area contributed by atoms with Crippen molar-refractivity contribution in [3.63, 3.8) is 0 Å². The predicted octanol–water partition coefficient (Wildman–Crippen LogP) is 0.642. The van der Waals surface area contributed by atoms with Gasteiger partial charge in [0.25, 0.3) is 0 Å². The van der Waals surface area contributed by atoms with Crippen LogP contribution in [-0.4, -0.2) is 122 Å². The van der Waals surface area contributed by atoms with Crippen LogP contribution in [0.15, 0.2) is 0 Å². The Bertz CT molecular complexity index is 680. The van der Waals surface area contributed by atoms with Gasteiger partial charge < -0.3 is 53.8 Å². The van der Waals surface area contributed by atoms with Crippen molar-refractivity contribution in [3.8, 4) is 0 Å². The summed E-state index contributed by atoms with van der Waals surface area (Å²) in [6, 6.07) is -0.885. The van der Waals surface area contributed by atoms with Crippen LogP contribution in [0.3, 0.4) is 0 Å². The van der Waals surface area contributed by atoms with Crippen molar-refractivity contribution in [2.24, 2.45) is 0 Å². The molecule has 0 radical (unpaired) electrons. The number of rotatable bonds is 24. The molecule has 0 aliphatic carbocycles. The molecule has 2 atom stereocenters. The number of carbonyl (C=O) groups excluding carboxylic acids is 3. The van der Waals surface area contributed by atoms with Gasteiger partial charge in [0, 0.05) is 34.0 Å². The van der Waals surface area contributed by atoms with E-state index in [0.29, 0.717) is 52.2 Å². The third-order valence-electron chi connectivity index (χ3n) is 4.53. The van der Waals surface area contributed by atoms with Crippen molar-refractivity contribution >= 4 is 25.7 Å². The van der Waals surface area contributed by atoms with Crippen LogP contribution in [0.4, 0.5) is 9.59 Å². The zero-order valence-electron chi connectivity index (χ0n) is 22.6. The fraction of sp³-hybridized carbons (Fsp3) is 0.864. The Labute approximate surface area is 224 Å². The number of amides is 3. The average Bonchev–Trinajstić information content (AvgIpc) is 2.86. The molecule has 0 bridgehead atoms. The van der Waals surface area contributed by atoms with Crippen LogP contribution < -0.4 is 16.0 Å². The fourth-order valence-electron chi connectivity index (χ4n) is 2.68. The molecule has 0 aromatic rings. The normalized spacial score (nSPS) is 13.3. The van der Waals surface area contributed by atoms with E-state index in [2.05, 4.69) is 16.0 Å². The van der Waals surface area contributed by atoms with E-state index in [1.807, 2.05) is 0 Å². The Morgan fingerprint density at radius 3 is 1.87 bits per heavy atom. The molecule has 0 aliphatic heterocycles. The van der Waals surface area contributed by atoms with E-state index in [1.165, 1.54) is 0 Å². The number of ether oxygens (including phenoxy) is 6. The van der Waals surface area contributed by atoms with Crippen LogP contribution in [0.2, 0.25) is 0 Å². The Morgan fingerprint density at radius 1 is 0.737 bits per heavy atom. The molecular weight excluding hydrogens is 529 g/mol. The van der Waals surface area contributed by atoms with Crippen LogP contribution in [-0.2, 0) is 42.3 Å². The molecule has 0 rings (SSSR count). The van der Waals surface area contributed by atoms with Crippen molar-refractivity contribution < 1.29 is 56.8 Å². The van der Waals surface area contributed by atoms with Crippen molar-refractivity contribution in [2.45, 2.75) is 31.7 Å². The van der Waals surface area contributed by atoms with Gasteiger partial charge in [0.2, 0.25) is 5.91 Å². The van der Waals surface area contributed by atoms with E-state index in [-0.39, 0.29) is 46.0 Å².